The van der Waals surface area contributed by atoms with Crippen molar-refractivity contribution >= 4 is 28.7 Å². The van der Waals surface area contributed by atoms with Crippen LogP contribution in [0.1, 0.15) is 11.4 Å². The van der Waals surface area contributed by atoms with E-state index in [9.17, 15) is 4.79 Å². The van der Waals surface area contributed by atoms with Gasteiger partial charge < -0.3 is 15.6 Å². The number of alkyl halides is 1. The molecule has 0 unspecified atom stereocenters. The first-order chi connectivity index (χ1) is 9.17. The van der Waals surface area contributed by atoms with Gasteiger partial charge >= 0.3 is 6.03 Å². The molecule has 2 rings (SSSR count). The molecule has 0 aliphatic rings. The number of amides is 2. The predicted octanol–water partition coefficient (Wildman–Crippen LogP) is 1.32. The molecule has 0 radical (unpaired) electrons. The van der Waals surface area contributed by atoms with E-state index in [-0.39, 0.29) is 5.88 Å². The standard InChI is InChI=1S/C12H12ClN5O/c13-6-10-17-11-8(7-14)2-1-3-9(11)18(10)5-4-16-12(15)19/h1-3H,4-6H2,(H3,15,16,19). The van der Waals surface area contributed by atoms with Crippen LogP contribution in [0.15, 0.2) is 18.2 Å². The van der Waals surface area contributed by atoms with E-state index in [0.29, 0.717) is 30.0 Å². The lowest BCUT2D eigenvalue weighted by atomic mass is 10.2. The molecule has 6 nitrogen and oxygen atoms in total. The zero-order chi connectivity index (χ0) is 13.8. The average molecular weight is 278 g/mol. The molecular weight excluding hydrogens is 266 g/mol. The molecule has 2 amide bonds. The van der Waals surface area contributed by atoms with E-state index in [1.54, 1.807) is 12.1 Å². The fraction of sp³-hybridized carbons (Fsp3) is 0.250. The number of primary amides is 1. The zero-order valence-corrected chi connectivity index (χ0v) is 10.8. The van der Waals surface area contributed by atoms with Gasteiger partial charge in [-0.05, 0) is 12.1 Å². The Balaban J connectivity index is 2.41. The van der Waals surface area contributed by atoms with Crippen molar-refractivity contribution in [1.82, 2.24) is 14.9 Å². The number of nitrogens with two attached hydrogens (primary N) is 1. The fourth-order valence-electron chi connectivity index (χ4n) is 1.93. The van der Waals surface area contributed by atoms with Gasteiger partial charge in [-0.3, -0.25) is 0 Å². The summed E-state index contributed by atoms with van der Waals surface area (Å²) in [6, 6.07) is 6.89. The minimum atomic E-state index is -0.574. The van der Waals surface area contributed by atoms with Gasteiger partial charge in [0.1, 0.15) is 17.4 Å². The maximum absolute atomic E-state index is 10.7. The predicted molar refractivity (Wildman–Crippen MR) is 71.6 cm³/mol. The summed E-state index contributed by atoms with van der Waals surface area (Å²) in [5.41, 5.74) is 6.97. The van der Waals surface area contributed by atoms with E-state index in [4.69, 9.17) is 22.6 Å². The van der Waals surface area contributed by atoms with E-state index >= 15 is 0 Å². The van der Waals surface area contributed by atoms with Crippen molar-refractivity contribution in [2.75, 3.05) is 6.54 Å². The summed E-state index contributed by atoms with van der Waals surface area (Å²) in [5, 5.41) is 11.6. The van der Waals surface area contributed by atoms with Gasteiger partial charge in [0.25, 0.3) is 0 Å². The second-order valence-corrected chi connectivity index (χ2v) is 4.16. The van der Waals surface area contributed by atoms with Crippen LogP contribution in [0.4, 0.5) is 4.79 Å². The van der Waals surface area contributed by atoms with Crippen LogP contribution < -0.4 is 11.1 Å². The molecule has 0 bridgehead atoms. The molecule has 0 saturated carbocycles. The quantitative estimate of drug-likeness (QED) is 0.825. The maximum atomic E-state index is 10.7. The Kier molecular flexibility index (Phi) is 3.88. The molecule has 0 atom stereocenters. The van der Waals surface area contributed by atoms with Crippen molar-refractivity contribution in [3.63, 3.8) is 0 Å². The summed E-state index contributed by atoms with van der Waals surface area (Å²) in [5.74, 6) is 0.890. The monoisotopic (exact) mass is 277 g/mol. The minimum Gasteiger partial charge on any atom is -0.352 e. The molecule has 1 aromatic carbocycles. The average Bonchev–Trinajstić information content (AvgIpc) is 2.76. The summed E-state index contributed by atoms with van der Waals surface area (Å²) < 4.78 is 1.87. The van der Waals surface area contributed by atoms with Crippen molar-refractivity contribution in [1.29, 1.82) is 5.26 Å². The van der Waals surface area contributed by atoms with Crippen LogP contribution in [0.2, 0.25) is 0 Å². The largest absolute Gasteiger partial charge is 0.352 e. The van der Waals surface area contributed by atoms with Gasteiger partial charge in [0.05, 0.1) is 17.0 Å². The fourth-order valence-corrected chi connectivity index (χ4v) is 2.13. The third-order valence-corrected chi connectivity index (χ3v) is 2.97. The highest BCUT2D eigenvalue weighted by molar-refractivity contribution is 6.16. The first-order valence-corrected chi connectivity index (χ1v) is 6.18. The van der Waals surface area contributed by atoms with Gasteiger partial charge in [0, 0.05) is 13.1 Å². The van der Waals surface area contributed by atoms with Crippen LogP contribution >= 0.6 is 11.6 Å². The number of aromatic nitrogens is 2. The van der Waals surface area contributed by atoms with E-state index in [1.165, 1.54) is 0 Å². The Morgan fingerprint density at radius 2 is 2.37 bits per heavy atom. The summed E-state index contributed by atoms with van der Waals surface area (Å²) in [6.07, 6.45) is 0. The number of hydrogen-bond acceptors (Lipinski definition) is 3. The molecular formula is C12H12ClN5O. The number of benzene rings is 1. The molecule has 2 aromatic rings. The number of fused-ring (bicyclic) bond motifs is 1. The van der Waals surface area contributed by atoms with Crippen LogP contribution in [0.3, 0.4) is 0 Å². The van der Waals surface area contributed by atoms with E-state index in [0.717, 1.165) is 5.52 Å². The van der Waals surface area contributed by atoms with E-state index in [2.05, 4.69) is 16.4 Å². The number of rotatable bonds is 4. The summed E-state index contributed by atoms with van der Waals surface area (Å²) in [7, 11) is 0. The molecule has 0 aliphatic heterocycles. The Morgan fingerprint density at radius 3 is 3.00 bits per heavy atom. The van der Waals surface area contributed by atoms with Crippen LogP contribution in [0, 0.1) is 11.3 Å². The number of para-hydroxylation sites is 1. The molecule has 1 heterocycles. The lowest BCUT2D eigenvalue weighted by molar-refractivity contribution is 0.248. The Bertz CT molecular complexity index is 658. The second-order valence-electron chi connectivity index (χ2n) is 3.89. The lowest BCUT2D eigenvalue weighted by Gasteiger charge is -2.07. The first kappa shape index (κ1) is 13.2. The number of halogens is 1. The van der Waals surface area contributed by atoms with Gasteiger partial charge in [-0.25, -0.2) is 9.78 Å². The van der Waals surface area contributed by atoms with Crippen molar-refractivity contribution in [3.8, 4) is 6.07 Å². The molecule has 0 spiro atoms. The molecule has 19 heavy (non-hydrogen) atoms. The third kappa shape index (κ3) is 2.61. The molecule has 0 saturated heterocycles. The maximum Gasteiger partial charge on any atom is 0.312 e. The number of carbonyl (C=O) groups is 1. The molecule has 0 aliphatic carbocycles. The van der Waals surface area contributed by atoms with Crippen molar-refractivity contribution in [3.05, 3.63) is 29.6 Å². The summed E-state index contributed by atoms with van der Waals surface area (Å²) in [6.45, 7) is 0.873. The summed E-state index contributed by atoms with van der Waals surface area (Å²) in [4.78, 5) is 15.0. The van der Waals surface area contributed by atoms with Gasteiger partial charge in [-0.15, -0.1) is 11.6 Å². The van der Waals surface area contributed by atoms with Crippen LogP contribution in [0.25, 0.3) is 11.0 Å². The molecule has 3 N–H and O–H groups in total. The first-order valence-electron chi connectivity index (χ1n) is 5.65. The van der Waals surface area contributed by atoms with Crippen LogP contribution in [-0.4, -0.2) is 22.1 Å². The smallest absolute Gasteiger partial charge is 0.312 e. The Hall–Kier alpha value is -2.26. The van der Waals surface area contributed by atoms with Crippen molar-refractivity contribution in [2.45, 2.75) is 12.4 Å². The number of urea groups is 1. The van der Waals surface area contributed by atoms with E-state index < -0.39 is 6.03 Å². The Morgan fingerprint density at radius 1 is 1.58 bits per heavy atom. The number of nitrogens with one attached hydrogen (secondary N) is 1. The van der Waals surface area contributed by atoms with Gasteiger partial charge in [-0.1, -0.05) is 6.07 Å². The second kappa shape index (κ2) is 5.59. The molecule has 1 aromatic heterocycles. The van der Waals surface area contributed by atoms with Gasteiger partial charge in [-0.2, -0.15) is 5.26 Å². The molecule has 0 fully saturated rings. The normalized spacial score (nSPS) is 10.3. The van der Waals surface area contributed by atoms with Crippen molar-refractivity contribution < 1.29 is 4.79 Å². The number of carbonyl (C=O) groups excluding carboxylic acids is 1. The highest BCUT2D eigenvalue weighted by Crippen LogP contribution is 2.20. The van der Waals surface area contributed by atoms with Crippen molar-refractivity contribution in [2.24, 2.45) is 5.73 Å². The Labute approximate surface area is 114 Å². The zero-order valence-electron chi connectivity index (χ0n) is 10.1. The number of nitriles is 1. The van der Waals surface area contributed by atoms with E-state index in [1.807, 2.05) is 10.6 Å². The third-order valence-electron chi connectivity index (χ3n) is 2.73. The SMILES string of the molecule is N#Cc1cccc2c1nc(CCl)n2CCNC(N)=O. The highest BCUT2D eigenvalue weighted by atomic mass is 35.5. The summed E-state index contributed by atoms with van der Waals surface area (Å²) >= 11 is 5.86. The highest BCUT2D eigenvalue weighted by Gasteiger charge is 2.12. The molecule has 98 valence electrons. The van der Waals surface area contributed by atoms with Crippen LogP contribution in [-0.2, 0) is 12.4 Å². The van der Waals surface area contributed by atoms with Gasteiger partial charge in [0.2, 0.25) is 0 Å². The topological polar surface area (TPSA) is 96.7 Å². The lowest BCUT2D eigenvalue weighted by Crippen LogP contribution is -2.32. The number of nitrogens with zero attached hydrogens (tertiary/aromatic N) is 3. The number of imidazole rings is 1. The molecule has 7 heteroatoms. The minimum absolute atomic E-state index is 0.232. The van der Waals surface area contributed by atoms with Gasteiger partial charge in [0.15, 0.2) is 0 Å². The van der Waals surface area contributed by atoms with Crippen LogP contribution in [0.5, 0.6) is 0 Å². The number of hydrogen-bond donors (Lipinski definition) is 2.